The van der Waals surface area contributed by atoms with E-state index in [-0.39, 0.29) is 11.3 Å². The Balaban J connectivity index is 3.25. The highest BCUT2D eigenvalue weighted by Crippen LogP contribution is 2.33. The van der Waals surface area contributed by atoms with Gasteiger partial charge in [-0.25, -0.2) is 0 Å². The summed E-state index contributed by atoms with van der Waals surface area (Å²) in [6.45, 7) is 11.4. The molecule has 0 radical (unpaired) electrons. The number of aryl methyl sites for hydroxylation is 1. The molecule has 0 unspecified atom stereocenters. The van der Waals surface area contributed by atoms with Crippen molar-refractivity contribution in [3.05, 3.63) is 11.3 Å². The summed E-state index contributed by atoms with van der Waals surface area (Å²) in [5.74, 6) is 0.202. The first-order valence-electron chi connectivity index (χ1n) is 5.70. The summed E-state index contributed by atoms with van der Waals surface area (Å²) in [7, 11) is 0. The molecule has 0 amide bonds. The molecular formula is C12H22N2O. The van der Waals surface area contributed by atoms with Crippen molar-refractivity contribution in [3.8, 4) is 5.88 Å². The van der Waals surface area contributed by atoms with Crippen LogP contribution in [0.15, 0.2) is 0 Å². The molecule has 0 aliphatic heterocycles. The average Bonchev–Trinajstić information content (AvgIpc) is 2.41. The summed E-state index contributed by atoms with van der Waals surface area (Å²) in [6, 6.07) is 0. The van der Waals surface area contributed by atoms with Gasteiger partial charge in [0.15, 0.2) is 0 Å². The number of nitrogens with zero attached hydrogens (tertiary/aromatic N) is 2. The van der Waals surface area contributed by atoms with Crippen molar-refractivity contribution in [2.45, 2.75) is 59.4 Å². The normalized spacial score (nSPS) is 12.1. The Bertz CT molecular complexity index is 334. The molecule has 0 bridgehead atoms. The van der Waals surface area contributed by atoms with Crippen LogP contribution in [0.5, 0.6) is 5.88 Å². The van der Waals surface area contributed by atoms with E-state index in [1.54, 1.807) is 0 Å². The second-order valence-electron chi connectivity index (χ2n) is 4.97. The van der Waals surface area contributed by atoms with E-state index in [0.29, 0.717) is 0 Å². The van der Waals surface area contributed by atoms with Crippen LogP contribution in [0.2, 0.25) is 0 Å². The van der Waals surface area contributed by atoms with Gasteiger partial charge in [-0.15, -0.1) is 5.10 Å². The van der Waals surface area contributed by atoms with Gasteiger partial charge in [0.25, 0.3) is 0 Å². The van der Waals surface area contributed by atoms with Crippen LogP contribution in [0.25, 0.3) is 0 Å². The van der Waals surface area contributed by atoms with Gasteiger partial charge >= 0.3 is 0 Å². The molecule has 0 aliphatic carbocycles. The second kappa shape index (κ2) is 4.25. The van der Waals surface area contributed by atoms with Gasteiger partial charge in [0.2, 0.25) is 5.88 Å². The SMILES string of the molecule is CCCn1nc(O)c(C(C)(C)C)c1CC. The van der Waals surface area contributed by atoms with E-state index in [2.05, 4.69) is 39.7 Å². The standard InChI is InChI=1S/C12H22N2O/c1-6-8-14-9(7-2)10(11(15)13-14)12(3,4)5/h6-8H2,1-5H3,(H,13,15). The lowest BCUT2D eigenvalue weighted by molar-refractivity contribution is 0.420. The number of hydrogen-bond donors (Lipinski definition) is 1. The van der Waals surface area contributed by atoms with Gasteiger partial charge < -0.3 is 5.11 Å². The van der Waals surface area contributed by atoms with Crippen LogP contribution in [0, 0.1) is 0 Å². The van der Waals surface area contributed by atoms with Crippen molar-refractivity contribution in [3.63, 3.8) is 0 Å². The second-order valence-corrected chi connectivity index (χ2v) is 4.97. The summed E-state index contributed by atoms with van der Waals surface area (Å²) in [5.41, 5.74) is 2.13. The van der Waals surface area contributed by atoms with Crippen molar-refractivity contribution < 1.29 is 5.11 Å². The van der Waals surface area contributed by atoms with Crippen LogP contribution < -0.4 is 0 Å². The highest BCUT2D eigenvalue weighted by atomic mass is 16.3. The quantitative estimate of drug-likeness (QED) is 0.833. The van der Waals surface area contributed by atoms with Crippen LogP contribution in [-0.4, -0.2) is 14.9 Å². The molecule has 1 aromatic rings. The number of hydrogen-bond acceptors (Lipinski definition) is 2. The van der Waals surface area contributed by atoms with E-state index in [1.807, 2.05) is 4.68 Å². The third-order valence-corrected chi connectivity index (χ3v) is 2.56. The Morgan fingerprint density at radius 1 is 1.27 bits per heavy atom. The van der Waals surface area contributed by atoms with Crippen LogP contribution in [0.3, 0.4) is 0 Å². The lowest BCUT2D eigenvalue weighted by Crippen LogP contribution is -2.14. The maximum absolute atomic E-state index is 9.87. The van der Waals surface area contributed by atoms with Gasteiger partial charge in [-0.05, 0) is 18.3 Å². The molecule has 86 valence electrons. The minimum atomic E-state index is -0.0403. The molecule has 3 nitrogen and oxygen atoms in total. The van der Waals surface area contributed by atoms with Crippen LogP contribution in [0.4, 0.5) is 0 Å². The first kappa shape index (κ1) is 12.1. The predicted octanol–water partition coefficient (Wildman–Crippen LogP) is 2.86. The zero-order valence-corrected chi connectivity index (χ0v) is 10.5. The lowest BCUT2D eigenvalue weighted by Gasteiger charge is -2.19. The monoisotopic (exact) mass is 210 g/mol. The van der Waals surface area contributed by atoms with E-state index < -0.39 is 0 Å². The first-order chi connectivity index (χ1) is 6.91. The maximum Gasteiger partial charge on any atom is 0.234 e. The minimum absolute atomic E-state index is 0.0403. The third-order valence-electron chi connectivity index (χ3n) is 2.56. The molecular weight excluding hydrogens is 188 g/mol. The summed E-state index contributed by atoms with van der Waals surface area (Å²) in [6.07, 6.45) is 1.96. The lowest BCUT2D eigenvalue weighted by atomic mass is 9.86. The molecule has 0 saturated carbocycles. The Labute approximate surface area is 92.1 Å². The van der Waals surface area contributed by atoms with Crippen molar-refractivity contribution in [2.24, 2.45) is 0 Å². The molecule has 1 rings (SSSR count). The molecule has 0 aliphatic rings. The summed E-state index contributed by atoms with van der Waals surface area (Å²) in [5, 5.41) is 14.1. The van der Waals surface area contributed by atoms with Gasteiger partial charge in [-0.2, -0.15) is 0 Å². The zero-order valence-electron chi connectivity index (χ0n) is 10.5. The number of aromatic nitrogens is 2. The van der Waals surface area contributed by atoms with Gasteiger partial charge in [-0.3, -0.25) is 4.68 Å². The molecule has 0 aromatic carbocycles. The van der Waals surface area contributed by atoms with Crippen molar-refractivity contribution in [1.29, 1.82) is 0 Å². The van der Waals surface area contributed by atoms with E-state index in [1.165, 1.54) is 5.69 Å². The Morgan fingerprint density at radius 3 is 2.27 bits per heavy atom. The fourth-order valence-electron chi connectivity index (χ4n) is 2.01. The van der Waals surface area contributed by atoms with E-state index in [4.69, 9.17) is 0 Å². The molecule has 1 aromatic heterocycles. The van der Waals surface area contributed by atoms with Crippen molar-refractivity contribution in [2.75, 3.05) is 0 Å². The molecule has 3 heteroatoms. The van der Waals surface area contributed by atoms with Crippen LogP contribution in [-0.2, 0) is 18.4 Å². The molecule has 0 spiro atoms. The smallest absolute Gasteiger partial charge is 0.234 e. The highest BCUT2D eigenvalue weighted by molar-refractivity contribution is 5.36. The van der Waals surface area contributed by atoms with Gasteiger partial charge in [0, 0.05) is 17.8 Å². The summed E-state index contributed by atoms with van der Waals surface area (Å²) >= 11 is 0. The fourth-order valence-corrected chi connectivity index (χ4v) is 2.01. The van der Waals surface area contributed by atoms with E-state index in [0.717, 1.165) is 24.9 Å². The van der Waals surface area contributed by atoms with Crippen molar-refractivity contribution >= 4 is 0 Å². The average molecular weight is 210 g/mol. The Hall–Kier alpha value is -0.990. The zero-order chi connectivity index (χ0) is 11.6. The van der Waals surface area contributed by atoms with Crippen molar-refractivity contribution in [1.82, 2.24) is 9.78 Å². The molecule has 1 heterocycles. The van der Waals surface area contributed by atoms with Crippen LogP contribution >= 0.6 is 0 Å². The highest BCUT2D eigenvalue weighted by Gasteiger charge is 2.26. The van der Waals surface area contributed by atoms with Crippen LogP contribution in [0.1, 0.15) is 52.3 Å². The fraction of sp³-hybridized carbons (Fsp3) is 0.750. The van der Waals surface area contributed by atoms with Gasteiger partial charge in [0.05, 0.1) is 0 Å². The largest absolute Gasteiger partial charge is 0.492 e. The summed E-state index contributed by atoms with van der Waals surface area (Å²) in [4.78, 5) is 0. The van der Waals surface area contributed by atoms with E-state index >= 15 is 0 Å². The first-order valence-corrected chi connectivity index (χ1v) is 5.70. The predicted molar refractivity (Wildman–Crippen MR) is 62.3 cm³/mol. The molecule has 0 fully saturated rings. The van der Waals surface area contributed by atoms with Gasteiger partial charge in [0.1, 0.15) is 0 Å². The number of aromatic hydroxyl groups is 1. The minimum Gasteiger partial charge on any atom is -0.492 e. The Kier molecular flexibility index (Phi) is 3.42. The summed E-state index contributed by atoms with van der Waals surface area (Å²) < 4.78 is 1.94. The molecule has 1 N–H and O–H groups in total. The van der Waals surface area contributed by atoms with E-state index in [9.17, 15) is 5.11 Å². The molecule has 0 saturated heterocycles. The Morgan fingerprint density at radius 2 is 1.87 bits per heavy atom. The molecule has 15 heavy (non-hydrogen) atoms. The molecule has 0 atom stereocenters. The maximum atomic E-state index is 9.87. The van der Waals surface area contributed by atoms with Gasteiger partial charge in [-0.1, -0.05) is 34.6 Å². The third kappa shape index (κ3) is 2.33. The number of rotatable bonds is 3. The topological polar surface area (TPSA) is 38.0 Å².